The Balaban J connectivity index is 1.66. The van der Waals surface area contributed by atoms with Crippen molar-refractivity contribution >= 4 is 55.7 Å². The summed E-state index contributed by atoms with van der Waals surface area (Å²) in [4.78, 5) is 21.1. The summed E-state index contributed by atoms with van der Waals surface area (Å²) < 4.78 is 6.65. The molecule has 0 saturated carbocycles. The highest BCUT2D eigenvalue weighted by Gasteiger charge is 2.10. The van der Waals surface area contributed by atoms with Gasteiger partial charge in [-0.1, -0.05) is 0 Å². The second kappa shape index (κ2) is 6.57. The zero-order valence-corrected chi connectivity index (χ0v) is 14.6. The number of carbonyl (C=O) groups excluding carboxylic acids is 1. The van der Waals surface area contributed by atoms with Crippen LogP contribution in [0, 0.1) is 10.5 Å². The summed E-state index contributed by atoms with van der Waals surface area (Å²) in [5.41, 5.74) is 1.81. The molecule has 22 heavy (non-hydrogen) atoms. The molecule has 7 heteroatoms. The highest BCUT2D eigenvalue weighted by molar-refractivity contribution is 14.1. The molecule has 0 aliphatic rings. The number of nitrogens with one attached hydrogen (secondary N) is 1. The Hall–Kier alpha value is -1.74. The van der Waals surface area contributed by atoms with Gasteiger partial charge in [0.05, 0.1) is 5.39 Å². The van der Waals surface area contributed by atoms with Gasteiger partial charge in [0.25, 0.3) is 5.91 Å². The lowest BCUT2D eigenvalue weighted by Gasteiger charge is -2.09. The van der Waals surface area contributed by atoms with Gasteiger partial charge in [0.15, 0.2) is 6.61 Å². The Morgan fingerprint density at radius 1 is 1.36 bits per heavy atom. The maximum Gasteiger partial charge on any atom is 0.262 e. The normalized spacial score (nSPS) is 10.6. The van der Waals surface area contributed by atoms with E-state index in [1.807, 2.05) is 36.6 Å². The zero-order chi connectivity index (χ0) is 15.5. The molecule has 1 aromatic carbocycles. The second-order valence-corrected chi connectivity index (χ2v) is 6.75. The fraction of sp³-hybridized carbons (Fsp3) is 0.133. The summed E-state index contributed by atoms with van der Waals surface area (Å²) in [6.45, 7) is 1.87. The van der Waals surface area contributed by atoms with Crippen molar-refractivity contribution in [2.24, 2.45) is 0 Å². The minimum Gasteiger partial charge on any atom is -0.467 e. The summed E-state index contributed by atoms with van der Waals surface area (Å²) in [5.74, 6) is 0.215. The average Bonchev–Trinajstić information content (AvgIpc) is 2.97. The van der Waals surface area contributed by atoms with Gasteiger partial charge in [0.1, 0.15) is 11.2 Å². The number of aromatic nitrogens is 2. The molecule has 0 unspecified atom stereocenters. The third-order valence-electron chi connectivity index (χ3n) is 3.03. The van der Waals surface area contributed by atoms with Crippen LogP contribution in [0.15, 0.2) is 36.0 Å². The number of carbonyl (C=O) groups is 1. The molecule has 2 heterocycles. The molecule has 112 valence electrons. The number of fused-ring (bicyclic) bond motifs is 1. The maximum absolute atomic E-state index is 12.0. The van der Waals surface area contributed by atoms with E-state index in [1.54, 1.807) is 0 Å². The molecule has 1 amide bonds. The number of benzene rings is 1. The van der Waals surface area contributed by atoms with Gasteiger partial charge in [-0.25, -0.2) is 9.97 Å². The number of ether oxygens (including phenoxy) is 1. The van der Waals surface area contributed by atoms with Gasteiger partial charge in [-0.2, -0.15) is 0 Å². The number of nitrogens with zero attached hydrogens (tertiary/aromatic N) is 2. The molecule has 0 aliphatic carbocycles. The number of hydrogen-bond acceptors (Lipinski definition) is 5. The first-order chi connectivity index (χ1) is 10.6. The van der Waals surface area contributed by atoms with Crippen molar-refractivity contribution in [2.45, 2.75) is 6.92 Å². The predicted octanol–water partition coefficient (Wildman–Crippen LogP) is 3.62. The third-order valence-corrected chi connectivity index (χ3v) is 4.52. The van der Waals surface area contributed by atoms with Crippen LogP contribution >= 0.6 is 33.9 Å². The van der Waals surface area contributed by atoms with E-state index in [9.17, 15) is 4.79 Å². The molecule has 0 saturated heterocycles. The molecular formula is C15H12IN3O2S. The summed E-state index contributed by atoms with van der Waals surface area (Å²) in [6.07, 6.45) is 1.44. The van der Waals surface area contributed by atoms with Gasteiger partial charge < -0.3 is 10.1 Å². The molecule has 0 bridgehead atoms. The van der Waals surface area contributed by atoms with E-state index in [0.717, 1.165) is 25.0 Å². The highest BCUT2D eigenvalue weighted by atomic mass is 127. The van der Waals surface area contributed by atoms with Crippen LogP contribution in [0.3, 0.4) is 0 Å². The first-order valence-electron chi connectivity index (χ1n) is 6.50. The second-order valence-electron chi connectivity index (χ2n) is 4.61. The van der Waals surface area contributed by atoms with Crippen molar-refractivity contribution in [3.05, 3.63) is 45.1 Å². The van der Waals surface area contributed by atoms with E-state index in [1.165, 1.54) is 17.7 Å². The number of amides is 1. The number of hydrogen-bond donors (Lipinski definition) is 1. The summed E-state index contributed by atoms with van der Waals surface area (Å²) >= 11 is 3.75. The van der Waals surface area contributed by atoms with Gasteiger partial charge in [0.2, 0.25) is 5.88 Å². The zero-order valence-electron chi connectivity index (χ0n) is 11.7. The van der Waals surface area contributed by atoms with Crippen LogP contribution in [0.4, 0.5) is 5.69 Å². The van der Waals surface area contributed by atoms with E-state index in [-0.39, 0.29) is 12.5 Å². The van der Waals surface area contributed by atoms with Crippen LogP contribution in [0.2, 0.25) is 0 Å². The van der Waals surface area contributed by atoms with Gasteiger partial charge in [-0.15, -0.1) is 11.3 Å². The fourth-order valence-electron chi connectivity index (χ4n) is 1.97. The van der Waals surface area contributed by atoms with Gasteiger partial charge in [-0.3, -0.25) is 4.79 Å². The molecule has 0 spiro atoms. The monoisotopic (exact) mass is 425 g/mol. The maximum atomic E-state index is 12.0. The molecule has 3 rings (SSSR count). The van der Waals surface area contributed by atoms with Crippen molar-refractivity contribution < 1.29 is 9.53 Å². The van der Waals surface area contributed by atoms with E-state index >= 15 is 0 Å². The van der Waals surface area contributed by atoms with Crippen LogP contribution in [0.25, 0.3) is 10.2 Å². The first kappa shape index (κ1) is 15.2. The van der Waals surface area contributed by atoms with Crippen LogP contribution in [-0.4, -0.2) is 22.5 Å². The standard InChI is InChI=1S/C15H12IN3O2S/c1-9-6-10(16)2-3-12(9)19-13(20)7-21-14-11-4-5-22-15(11)18-8-17-14/h2-6,8H,7H2,1H3,(H,19,20). The number of anilines is 1. The summed E-state index contributed by atoms with van der Waals surface area (Å²) in [7, 11) is 0. The van der Waals surface area contributed by atoms with Crippen molar-refractivity contribution in [3.8, 4) is 5.88 Å². The minimum absolute atomic E-state index is 0.0899. The Labute approximate surface area is 144 Å². The average molecular weight is 425 g/mol. The number of thiophene rings is 1. The third kappa shape index (κ3) is 3.36. The minimum atomic E-state index is -0.216. The Morgan fingerprint density at radius 3 is 3.05 bits per heavy atom. The SMILES string of the molecule is Cc1cc(I)ccc1NC(=O)COc1ncnc2sccc12. The molecule has 2 aromatic heterocycles. The first-order valence-corrected chi connectivity index (χ1v) is 8.46. The van der Waals surface area contributed by atoms with Crippen molar-refractivity contribution in [1.29, 1.82) is 0 Å². The quantitative estimate of drug-likeness (QED) is 0.649. The van der Waals surface area contributed by atoms with Crippen LogP contribution < -0.4 is 10.1 Å². The molecule has 0 fully saturated rings. The Kier molecular flexibility index (Phi) is 4.53. The lowest BCUT2D eigenvalue weighted by Crippen LogP contribution is -2.21. The van der Waals surface area contributed by atoms with Crippen LogP contribution in [-0.2, 0) is 4.79 Å². The summed E-state index contributed by atoms with van der Waals surface area (Å²) in [5, 5.41) is 5.58. The molecular weight excluding hydrogens is 413 g/mol. The molecule has 5 nitrogen and oxygen atoms in total. The summed E-state index contributed by atoms with van der Waals surface area (Å²) in [6, 6.07) is 7.73. The number of aryl methyl sites for hydroxylation is 1. The predicted molar refractivity (Wildman–Crippen MR) is 95.4 cm³/mol. The molecule has 1 N–H and O–H groups in total. The number of halogens is 1. The largest absolute Gasteiger partial charge is 0.467 e. The fourth-order valence-corrected chi connectivity index (χ4v) is 3.34. The van der Waals surface area contributed by atoms with Gasteiger partial charge in [0, 0.05) is 9.26 Å². The van der Waals surface area contributed by atoms with Crippen LogP contribution in [0.5, 0.6) is 5.88 Å². The molecule has 0 atom stereocenters. The molecule has 0 radical (unpaired) electrons. The highest BCUT2D eigenvalue weighted by Crippen LogP contribution is 2.25. The van der Waals surface area contributed by atoms with Crippen molar-refractivity contribution in [3.63, 3.8) is 0 Å². The van der Waals surface area contributed by atoms with E-state index in [4.69, 9.17) is 4.74 Å². The molecule has 3 aromatic rings. The number of rotatable bonds is 4. The van der Waals surface area contributed by atoms with E-state index in [2.05, 4.69) is 37.9 Å². The van der Waals surface area contributed by atoms with Crippen LogP contribution in [0.1, 0.15) is 5.56 Å². The smallest absolute Gasteiger partial charge is 0.262 e. The lowest BCUT2D eigenvalue weighted by molar-refractivity contribution is -0.118. The van der Waals surface area contributed by atoms with Gasteiger partial charge in [-0.05, 0) is 64.7 Å². The lowest BCUT2D eigenvalue weighted by atomic mass is 10.2. The van der Waals surface area contributed by atoms with E-state index < -0.39 is 0 Å². The van der Waals surface area contributed by atoms with Crippen molar-refractivity contribution in [2.75, 3.05) is 11.9 Å². The van der Waals surface area contributed by atoms with E-state index in [0.29, 0.717) is 5.88 Å². The Bertz CT molecular complexity index is 835. The Morgan fingerprint density at radius 2 is 2.23 bits per heavy atom. The van der Waals surface area contributed by atoms with Gasteiger partial charge >= 0.3 is 0 Å². The molecule has 0 aliphatic heterocycles. The van der Waals surface area contributed by atoms with Crippen molar-refractivity contribution in [1.82, 2.24) is 9.97 Å². The topological polar surface area (TPSA) is 64.1 Å².